The van der Waals surface area contributed by atoms with Crippen molar-refractivity contribution in [1.29, 1.82) is 0 Å². The highest BCUT2D eigenvalue weighted by molar-refractivity contribution is 7.89. The first-order chi connectivity index (χ1) is 8.82. The first-order valence-corrected chi connectivity index (χ1v) is 8.09. The molecule has 0 saturated carbocycles. The minimum absolute atomic E-state index is 0.0512. The van der Waals surface area contributed by atoms with Gasteiger partial charge in [-0.1, -0.05) is 31.3 Å². The van der Waals surface area contributed by atoms with Gasteiger partial charge in [0.2, 0.25) is 10.0 Å². The molecule has 1 fully saturated rings. The molecule has 1 aromatic carbocycles. The average molecular weight is 298 g/mol. The van der Waals surface area contributed by atoms with Crippen molar-refractivity contribution in [2.45, 2.75) is 31.2 Å². The molecule has 2 N–H and O–H groups in total. The van der Waals surface area contributed by atoms with Gasteiger partial charge in [-0.25, -0.2) is 8.42 Å². The summed E-state index contributed by atoms with van der Waals surface area (Å²) in [4.78, 5) is 0.570. The van der Waals surface area contributed by atoms with Crippen molar-refractivity contribution >= 4 is 27.2 Å². The minimum Gasteiger partial charge on any atom is -0.389 e. The summed E-state index contributed by atoms with van der Waals surface area (Å²) in [6.07, 6.45) is 0.907. The Labute approximate surface area is 119 Å². The van der Waals surface area contributed by atoms with Gasteiger partial charge in [0.05, 0.1) is 4.90 Å². The lowest BCUT2D eigenvalue weighted by Gasteiger charge is -2.21. The fourth-order valence-corrected chi connectivity index (χ4v) is 4.42. The zero-order chi connectivity index (χ0) is 14.2. The van der Waals surface area contributed by atoms with Gasteiger partial charge >= 0.3 is 0 Å². The van der Waals surface area contributed by atoms with Crippen LogP contribution >= 0.6 is 12.2 Å². The number of benzene rings is 1. The molecule has 1 heterocycles. The van der Waals surface area contributed by atoms with Crippen LogP contribution in [-0.4, -0.2) is 30.3 Å². The molecule has 0 aliphatic carbocycles. The average Bonchev–Trinajstić information content (AvgIpc) is 2.69. The SMILES string of the molecule is CC1CC(C)N(S(=O)(=O)c2ccc(C(N)=S)cc2)C1. The smallest absolute Gasteiger partial charge is 0.243 e. The maximum atomic E-state index is 12.5. The van der Waals surface area contributed by atoms with Crippen LogP contribution in [0.3, 0.4) is 0 Å². The molecule has 1 aromatic rings. The van der Waals surface area contributed by atoms with E-state index in [2.05, 4.69) is 6.92 Å². The van der Waals surface area contributed by atoms with Crippen LogP contribution in [0.15, 0.2) is 29.2 Å². The Morgan fingerprint density at radius 2 is 1.89 bits per heavy atom. The Hall–Kier alpha value is -0.980. The lowest BCUT2D eigenvalue weighted by atomic mass is 10.1. The first-order valence-electron chi connectivity index (χ1n) is 6.24. The Morgan fingerprint density at radius 1 is 1.32 bits per heavy atom. The molecular weight excluding hydrogens is 280 g/mol. The Kier molecular flexibility index (Phi) is 3.94. The highest BCUT2D eigenvalue weighted by Crippen LogP contribution is 2.29. The largest absolute Gasteiger partial charge is 0.389 e. The van der Waals surface area contributed by atoms with Crippen molar-refractivity contribution in [2.24, 2.45) is 11.7 Å². The standard InChI is InChI=1S/C13H18N2O2S2/c1-9-7-10(2)15(8-9)19(16,17)12-5-3-11(4-6-12)13(14)18/h3-6,9-10H,7-8H2,1-2H3,(H2,14,18). The maximum Gasteiger partial charge on any atom is 0.243 e. The number of nitrogens with zero attached hydrogens (tertiary/aromatic N) is 1. The van der Waals surface area contributed by atoms with E-state index in [-0.39, 0.29) is 11.0 Å². The van der Waals surface area contributed by atoms with Crippen molar-refractivity contribution in [3.05, 3.63) is 29.8 Å². The summed E-state index contributed by atoms with van der Waals surface area (Å²) < 4.78 is 26.6. The lowest BCUT2D eigenvalue weighted by molar-refractivity contribution is 0.405. The van der Waals surface area contributed by atoms with Crippen LogP contribution in [-0.2, 0) is 10.0 Å². The van der Waals surface area contributed by atoms with Gasteiger partial charge in [-0.05, 0) is 31.4 Å². The highest BCUT2D eigenvalue weighted by Gasteiger charge is 2.35. The molecule has 0 radical (unpaired) electrons. The molecule has 2 unspecified atom stereocenters. The zero-order valence-corrected chi connectivity index (χ0v) is 12.7. The summed E-state index contributed by atoms with van der Waals surface area (Å²) in [6, 6.07) is 6.49. The number of hydrogen-bond acceptors (Lipinski definition) is 3. The molecule has 1 saturated heterocycles. The van der Waals surface area contributed by atoms with Gasteiger partial charge in [0.25, 0.3) is 0 Å². The summed E-state index contributed by atoms with van der Waals surface area (Å²) in [6.45, 7) is 4.60. The van der Waals surface area contributed by atoms with E-state index in [9.17, 15) is 8.42 Å². The summed E-state index contributed by atoms with van der Waals surface area (Å²) >= 11 is 4.86. The minimum atomic E-state index is -3.41. The third kappa shape index (κ3) is 2.80. The van der Waals surface area contributed by atoms with Gasteiger partial charge in [-0.3, -0.25) is 0 Å². The van der Waals surface area contributed by atoms with Crippen molar-refractivity contribution in [3.63, 3.8) is 0 Å². The fourth-order valence-electron chi connectivity index (χ4n) is 2.52. The monoisotopic (exact) mass is 298 g/mol. The van der Waals surface area contributed by atoms with Crippen LogP contribution in [0.5, 0.6) is 0 Å². The van der Waals surface area contributed by atoms with Crippen LogP contribution in [0.4, 0.5) is 0 Å². The van der Waals surface area contributed by atoms with E-state index in [1.807, 2.05) is 6.92 Å². The summed E-state index contributed by atoms with van der Waals surface area (Å²) in [7, 11) is -3.41. The van der Waals surface area contributed by atoms with E-state index in [1.54, 1.807) is 28.6 Å². The normalized spacial score (nSPS) is 24.5. The molecule has 0 amide bonds. The maximum absolute atomic E-state index is 12.5. The zero-order valence-electron chi connectivity index (χ0n) is 11.0. The summed E-state index contributed by atoms with van der Waals surface area (Å²) in [5.41, 5.74) is 6.18. The third-order valence-electron chi connectivity index (χ3n) is 3.47. The second-order valence-corrected chi connectivity index (χ2v) is 7.48. The fraction of sp³-hybridized carbons (Fsp3) is 0.462. The molecule has 0 spiro atoms. The number of rotatable bonds is 3. The Bertz CT molecular complexity index is 581. The summed E-state index contributed by atoms with van der Waals surface area (Å²) in [5, 5.41) is 0. The molecular formula is C13H18N2O2S2. The van der Waals surface area contributed by atoms with Crippen molar-refractivity contribution in [1.82, 2.24) is 4.31 Å². The van der Waals surface area contributed by atoms with E-state index in [0.717, 1.165) is 6.42 Å². The van der Waals surface area contributed by atoms with Crippen LogP contribution < -0.4 is 5.73 Å². The second-order valence-electron chi connectivity index (χ2n) is 5.15. The van der Waals surface area contributed by atoms with Gasteiger partial charge < -0.3 is 5.73 Å². The predicted octanol–water partition coefficient (Wildman–Crippen LogP) is 1.74. The van der Waals surface area contributed by atoms with E-state index >= 15 is 0 Å². The highest BCUT2D eigenvalue weighted by atomic mass is 32.2. The molecule has 1 aliphatic rings. The van der Waals surface area contributed by atoms with E-state index in [4.69, 9.17) is 18.0 Å². The Morgan fingerprint density at radius 3 is 2.32 bits per heavy atom. The van der Waals surface area contributed by atoms with Crippen LogP contribution in [0.1, 0.15) is 25.8 Å². The van der Waals surface area contributed by atoms with Gasteiger partial charge in [-0.2, -0.15) is 4.31 Å². The van der Waals surface area contributed by atoms with Gasteiger partial charge in [0.15, 0.2) is 0 Å². The van der Waals surface area contributed by atoms with Gasteiger partial charge in [0, 0.05) is 18.2 Å². The third-order valence-corrected chi connectivity index (χ3v) is 5.70. The van der Waals surface area contributed by atoms with Gasteiger partial charge in [-0.15, -0.1) is 0 Å². The van der Waals surface area contributed by atoms with E-state index in [0.29, 0.717) is 22.9 Å². The van der Waals surface area contributed by atoms with Crippen molar-refractivity contribution in [2.75, 3.05) is 6.54 Å². The number of sulfonamides is 1. The van der Waals surface area contributed by atoms with E-state index < -0.39 is 10.0 Å². The van der Waals surface area contributed by atoms with Crippen LogP contribution in [0.2, 0.25) is 0 Å². The second kappa shape index (κ2) is 5.19. The predicted molar refractivity (Wildman–Crippen MR) is 79.5 cm³/mol. The molecule has 19 heavy (non-hydrogen) atoms. The molecule has 2 atom stereocenters. The molecule has 1 aliphatic heterocycles. The Balaban J connectivity index is 2.32. The number of nitrogens with two attached hydrogens (primary N) is 1. The lowest BCUT2D eigenvalue weighted by Crippen LogP contribution is -2.34. The molecule has 104 valence electrons. The quantitative estimate of drug-likeness (QED) is 0.863. The molecule has 2 rings (SSSR count). The summed E-state index contributed by atoms with van der Waals surface area (Å²) in [5.74, 6) is 0.403. The molecule has 0 bridgehead atoms. The van der Waals surface area contributed by atoms with Crippen LogP contribution in [0, 0.1) is 5.92 Å². The number of hydrogen-bond donors (Lipinski definition) is 1. The topological polar surface area (TPSA) is 63.4 Å². The first kappa shape index (κ1) is 14.4. The number of thiocarbonyl (C=S) groups is 1. The van der Waals surface area contributed by atoms with E-state index in [1.165, 1.54) is 0 Å². The van der Waals surface area contributed by atoms with Crippen molar-refractivity contribution < 1.29 is 8.42 Å². The van der Waals surface area contributed by atoms with Crippen molar-refractivity contribution in [3.8, 4) is 0 Å². The van der Waals surface area contributed by atoms with Crippen LogP contribution in [0.25, 0.3) is 0 Å². The molecule has 6 heteroatoms. The molecule has 4 nitrogen and oxygen atoms in total. The van der Waals surface area contributed by atoms with Gasteiger partial charge in [0.1, 0.15) is 4.99 Å². The molecule has 0 aromatic heterocycles.